The molecule has 130 valence electrons. The maximum atomic E-state index is 12.1. The lowest BCUT2D eigenvalue weighted by atomic mass is 9.96. The molecule has 1 saturated carbocycles. The van der Waals surface area contributed by atoms with Gasteiger partial charge in [0.05, 0.1) is 6.42 Å². The lowest BCUT2D eigenvalue weighted by Crippen LogP contribution is -2.42. The Bertz CT molecular complexity index is 545. The predicted octanol–water partition coefficient (Wildman–Crippen LogP) is 4.22. The molecule has 0 aliphatic heterocycles. The molecule has 1 aromatic carbocycles. The summed E-state index contributed by atoms with van der Waals surface area (Å²) in [5.41, 5.74) is 1.30. The highest BCUT2D eigenvalue weighted by atomic mass is 127. The van der Waals surface area contributed by atoms with Gasteiger partial charge in [0.15, 0.2) is 5.96 Å². The molecule has 3 nitrogen and oxygen atoms in total. The number of alkyl halides is 3. The van der Waals surface area contributed by atoms with Crippen LogP contribution in [0, 0.1) is 0 Å². The van der Waals surface area contributed by atoms with E-state index in [-0.39, 0.29) is 35.9 Å². The van der Waals surface area contributed by atoms with Crippen LogP contribution < -0.4 is 10.6 Å². The number of aliphatic imine (C=N–C) groups is 1. The highest BCUT2D eigenvalue weighted by Crippen LogP contribution is 2.48. The Morgan fingerprint density at radius 3 is 2.52 bits per heavy atom. The summed E-state index contributed by atoms with van der Waals surface area (Å²) in [7, 11) is 1.56. The van der Waals surface area contributed by atoms with E-state index in [1.165, 1.54) is 5.56 Å². The summed E-state index contributed by atoms with van der Waals surface area (Å²) in [6, 6.07) is 8.15. The minimum Gasteiger partial charge on any atom is -0.356 e. The van der Waals surface area contributed by atoms with Crippen LogP contribution in [0.3, 0.4) is 0 Å². The molecule has 1 aliphatic rings. The molecule has 23 heavy (non-hydrogen) atoms. The Morgan fingerprint density at radius 2 is 2.00 bits per heavy atom. The first-order valence-electron chi connectivity index (χ1n) is 7.12. The van der Waals surface area contributed by atoms with Crippen molar-refractivity contribution in [3.05, 3.63) is 34.3 Å². The number of halogens is 5. The first-order valence-corrected chi connectivity index (χ1v) is 7.91. The molecule has 1 aliphatic carbocycles. The van der Waals surface area contributed by atoms with Crippen molar-refractivity contribution in [1.29, 1.82) is 0 Å². The van der Waals surface area contributed by atoms with Crippen molar-refractivity contribution in [3.8, 4) is 0 Å². The Kier molecular flexibility index (Phi) is 7.63. The summed E-state index contributed by atoms with van der Waals surface area (Å²) in [6.45, 7) is 0.488. The molecule has 2 rings (SSSR count). The van der Waals surface area contributed by atoms with E-state index in [0.717, 1.165) is 17.3 Å². The molecule has 0 bridgehead atoms. The lowest BCUT2D eigenvalue weighted by Gasteiger charge is -2.19. The van der Waals surface area contributed by atoms with Gasteiger partial charge in [0, 0.05) is 30.0 Å². The quantitative estimate of drug-likeness (QED) is 0.357. The van der Waals surface area contributed by atoms with Gasteiger partial charge < -0.3 is 10.6 Å². The summed E-state index contributed by atoms with van der Waals surface area (Å²) < 4.78 is 37.5. The van der Waals surface area contributed by atoms with Gasteiger partial charge in [-0.15, -0.1) is 24.0 Å². The maximum Gasteiger partial charge on any atom is 0.390 e. The first kappa shape index (κ1) is 20.5. The van der Waals surface area contributed by atoms with Gasteiger partial charge >= 0.3 is 6.18 Å². The van der Waals surface area contributed by atoms with E-state index in [9.17, 15) is 13.2 Å². The summed E-state index contributed by atoms with van der Waals surface area (Å²) in [5.74, 6) is 0.408. The van der Waals surface area contributed by atoms with E-state index < -0.39 is 12.6 Å². The van der Waals surface area contributed by atoms with E-state index in [1.807, 2.05) is 12.1 Å². The molecule has 1 aromatic rings. The van der Waals surface area contributed by atoms with Crippen LogP contribution in [0.5, 0.6) is 0 Å². The average Bonchev–Trinajstić information content (AvgIpc) is 3.22. The van der Waals surface area contributed by atoms with Crippen LogP contribution in [0.15, 0.2) is 33.7 Å². The Hall–Kier alpha value is -0.510. The zero-order chi connectivity index (χ0) is 16.2. The van der Waals surface area contributed by atoms with Gasteiger partial charge in [-0.05, 0) is 30.5 Å². The normalized spacial score (nSPS) is 16.5. The van der Waals surface area contributed by atoms with E-state index in [1.54, 1.807) is 7.05 Å². The topological polar surface area (TPSA) is 36.4 Å². The van der Waals surface area contributed by atoms with Crippen LogP contribution in [0.4, 0.5) is 13.2 Å². The van der Waals surface area contributed by atoms with Gasteiger partial charge in [0.25, 0.3) is 0 Å². The summed E-state index contributed by atoms with van der Waals surface area (Å²) in [4.78, 5) is 3.97. The molecule has 0 saturated heterocycles. The van der Waals surface area contributed by atoms with E-state index >= 15 is 0 Å². The predicted molar refractivity (Wildman–Crippen MR) is 101 cm³/mol. The maximum absolute atomic E-state index is 12.1. The number of hydrogen-bond donors (Lipinski definition) is 2. The molecule has 0 atom stereocenters. The van der Waals surface area contributed by atoms with E-state index in [2.05, 4.69) is 43.7 Å². The van der Waals surface area contributed by atoms with Crippen molar-refractivity contribution in [2.75, 3.05) is 20.1 Å². The second kappa shape index (κ2) is 8.55. The SMILES string of the molecule is CN=C(NCCC(F)(F)F)NCC1(c2cccc(Br)c2)CC1.I. The van der Waals surface area contributed by atoms with Crippen LogP contribution >= 0.6 is 39.9 Å². The summed E-state index contributed by atoms with van der Waals surface area (Å²) in [5, 5.41) is 5.83. The number of guanidine groups is 1. The smallest absolute Gasteiger partial charge is 0.356 e. The average molecular weight is 506 g/mol. The fourth-order valence-corrected chi connectivity index (χ4v) is 2.73. The first-order chi connectivity index (χ1) is 10.3. The minimum absolute atomic E-state index is 0. The second-order valence-electron chi connectivity index (χ2n) is 5.51. The van der Waals surface area contributed by atoms with Crippen LogP contribution in [0.1, 0.15) is 24.8 Å². The molecule has 0 spiro atoms. The molecule has 0 aromatic heterocycles. The van der Waals surface area contributed by atoms with Gasteiger partial charge in [-0.3, -0.25) is 4.99 Å². The summed E-state index contributed by atoms with van der Waals surface area (Å²) >= 11 is 3.47. The summed E-state index contributed by atoms with van der Waals surface area (Å²) in [6.07, 6.45) is -2.89. The molecular weight excluding hydrogens is 486 g/mol. The van der Waals surface area contributed by atoms with Crippen molar-refractivity contribution >= 4 is 45.9 Å². The van der Waals surface area contributed by atoms with Crippen LogP contribution in [0.2, 0.25) is 0 Å². The van der Waals surface area contributed by atoms with Gasteiger partial charge in [-0.2, -0.15) is 13.2 Å². The fourth-order valence-electron chi connectivity index (χ4n) is 2.33. The Morgan fingerprint density at radius 1 is 1.30 bits per heavy atom. The van der Waals surface area contributed by atoms with E-state index in [0.29, 0.717) is 12.5 Å². The number of rotatable bonds is 5. The van der Waals surface area contributed by atoms with Crippen molar-refractivity contribution in [2.24, 2.45) is 4.99 Å². The number of benzene rings is 1. The lowest BCUT2D eigenvalue weighted by molar-refractivity contribution is -0.132. The van der Waals surface area contributed by atoms with Crippen molar-refractivity contribution in [2.45, 2.75) is 30.9 Å². The van der Waals surface area contributed by atoms with Crippen LogP contribution in [-0.4, -0.2) is 32.3 Å². The highest BCUT2D eigenvalue weighted by molar-refractivity contribution is 14.0. The number of nitrogens with zero attached hydrogens (tertiary/aromatic N) is 1. The zero-order valence-electron chi connectivity index (χ0n) is 12.7. The molecule has 8 heteroatoms. The third-order valence-corrected chi connectivity index (χ3v) is 4.30. The van der Waals surface area contributed by atoms with Gasteiger partial charge in [0.2, 0.25) is 0 Å². The number of hydrogen-bond acceptors (Lipinski definition) is 1. The van der Waals surface area contributed by atoms with Crippen molar-refractivity contribution in [3.63, 3.8) is 0 Å². The second-order valence-corrected chi connectivity index (χ2v) is 6.42. The van der Waals surface area contributed by atoms with Crippen LogP contribution in [-0.2, 0) is 5.41 Å². The Balaban J connectivity index is 0.00000264. The fraction of sp³-hybridized carbons (Fsp3) is 0.533. The molecule has 0 radical (unpaired) electrons. The largest absolute Gasteiger partial charge is 0.390 e. The minimum atomic E-state index is -4.15. The van der Waals surface area contributed by atoms with Gasteiger partial charge in [0.1, 0.15) is 0 Å². The standard InChI is InChI=1S/C15H19BrF3N3.HI/c1-20-13(21-8-7-15(17,18)19)22-10-14(5-6-14)11-3-2-4-12(16)9-11;/h2-4,9H,5-8,10H2,1H3,(H2,20,21,22);1H. The monoisotopic (exact) mass is 505 g/mol. The zero-order valence-corrected chi connectivity index (χ0v) is 16.6. The third kappa shape index (κ3) is 6.48. The van der Waals surface area contributed by atoms with Crippen LogP contribution in [0.25, 0.3) is 0 Å². The molecule has 0 unspecified atom stereocenters. The highest BCUT2D eigenvalue weighted by Gasteiger charge is 2.44. The molecule has 0 amide bonds. The van der Waals surface area contributed by atoms with Crippen molar-refractivity contribution < 1.29 is 13.2 Å². The van der Waals surface area contributed by atoms with Crippen molar-refractivity contribution in [1.82, 2.24) is 10.6 Å². The Labute approximate surface area is 159 Å². The third-order valence-electron chi connectivity index (χ3n) is 3.81. The molecule has 1 fully saturated rings. The molecule has 0 heterocycles. The molecular formula is C15H20BrF3IN3. The van der Waals surface area contributed by atoms with Gasteiger partial charge in [-0.1, -0.05) is 28.1 Å². The molecule has 2 N–H and O–H groups in total. The van der Waals surface area contributed by atoms with E-state index in [4.69, 9.17) is 0 Å². The number of nitrogens with one attached hydrogen (secondary N) is 2. The van der Waals surface area contributed by atoms with Gasteiger partial charge in [-0.25, -0.2) is 0 Å².